The van der Waals surface area contributed by atoms with Crippen LogP contribution in [0.4, 0.5) is 4.79 Å². The highest BCUT2D eigenvalue weighted by atomic mass is 16.2. The van der Waals surface area contributed by atoms with E-state index in [1.807, 2.05) is 48.6 Å². The maximum absolute atomic E-state index is 12.5. The molecular weight excluding hydrogens is 262 g/mol. The lowest BCUT2D eigenvalue weighted by molar-refractivity contribution is 0.132. The van der Waals surface area contributed by atoms with Crippen LogP contribution < -0.4 is 5.32 Å². The molecular formula is C17H19N3O. The predicted octanol–water partition coefficient (Wildman–Crippen LogP) is 3.39. The van der Waals surface area contributed by atoms with E-state index in [-0.39, 0.29) is 11.4 Å². The summed E-state index contributed by atoms with van der Waals surface area (Å²) in [6.45, 7) is 6.26. The number of amidine groups is 1. The van der Waals surface area contributed by atoms with Gasteiger partial charge in [0, 0.05) is 17.2 Å². The second-order valence-corrected chi connectivity index (χ2v) is 6.30. The Morgan fingerprint density at radius 3 is 2.52 bits per heavy atom. The second-order valence-electron chi connectivity index (χ2n) is 6.30. The summed E-state index contributed by atoms with van der Waals surface area (Å²) in [6, 6.07) is 9.77. The Balaban J connectivity index is 2.21. The fraction of sp³-hybridized carbons (Fsp3) is 0.294. The maximum atomic E-state index is 12.5. The van der Waals surface area contributed by atoms with Crippen LogP contribution in [0.2, 0.25) is 0 Å². The zero-order chi connectivity index (χ0) is 15.1. The summed E-state index contributed by atoms with van der Waals surface area (Å²) in [4.78, 5) is 18.9. The largest absolute Gasteiger partial charge is 0.329 e. The fourth-order valence-electron chi connectivity index (χ4n) is 2.72. The molecule has 0 radical (unpaired) electrons. The van der Waals surface area contributed by atoms with Gasteiger partial charge in [0.15, 0.2) is 5.66 Å². The Bertz CT molecular complexity index is 652. The van der Waals surface area contributed by atoms with Crippen molar-refractivity contribution in [1.29, 1.82) is 0 Å². The molecule has 0 saturated carbocycles. The minimum atomic E-state index is -0.771. The van der Waals surface area contributed by atoms with Gasteiger partial charge in [0.25, 0.3) is 0 Å². The van der Waals surface area contributed by atoms with E-state index in [0.29, 0.717) is 5.84 Å². The molecule has 0 aromatic heterocycles. The number of urea groups is 1. The van der Waals surface area contributed by atoms with E-state index in [9.17, 15) is 4.79 Å². The normalized spacial score (nSPS) is 24.4. The number of benzene rings is 1. The van der Waals surface area contributed by atoms with Crippen LogP contribution in [0.25, 0.3) is 0 Å². The number of aliphatic imine (C=N–C) groups is 1. The highest BCUT2D eigenvalue weighted by Gasteiger charge is 2.48. The number of carbonyl (C=O) groups excluding carboxylic acids is 1. The third-order valence-corrected chi connectivity index (χ3v) is 3.90. The van der Waals surface area contributed by atoms with E-state index in [2.05, 4.69) is 26.1 Å². The van der Waals surface area contributed by atoms with Crippen LogP contribution >= 0.6 is 0 Å². The molecule has 2 aliphatic heterocycles. The smallest absolute Gasteiger partial charge is 0.308 e. The first-order valence-corrected chi connectivity index (χ1v) is 7.06. The van der Waals surface area contributed by atoms with Crippen molar-refractivity contribution in [2.75, 3.05) is 0 Å². The van der Waals surface area contributed by atoms with E-state index in [4.69, 9.17) is 4.99 Å². The average molecular weight is 281 g/mol. The van der Waals surface area contributed by atoms with Gasteiger partial charge in [-0.15, -0.1) is 0 Å². The number of nitrogens with one attached hydrogen (secondary N) is 1. The zero-order valence-corrected chi connectivity index (χ0v) is 12.5. The minimum absolute atomic E-state index is 0.153. The first-order valence-electron chi connectivity index (χ1n) is 7.06. The number of amides is 2. The van der Waals surface area contributed by atoms with Crippen LogP contribution in [0.3, 0.4) is 0 Å². The minimum Gasteiger partial charge on any atom is -0.308 e. The molecule has 2 aliphatic rings. The van der Waals surface area contributed by atoms with Gasteiger partial charge in [-0.25, -0.2) is 9.79 Å². The molecule has 2 amide bonds. The molecule has 1 atom stereocenters. The molecule has 0 fully saturated rings. The quantitative estimate of drug-likeness (QED) is 0.842. The van der Waals surface area contributed by atoms with Crippen molar-refractivity contribution in [1.82, 2.24) is 10.2 Å². The van der Waals surface area contributed by atoms with Crippen molar-refractivity contribution in [3.8, 4) is 0 Å². The molecule has 1 unspecified atom stereocenters. The SMILES string of the molecule is CC(C)(C)C1(c2ccccc2)N=C2C=CC=CN2C(=O)N1. The first-order chi connectivity index (χ1) is 9.94. The lowest BCUT2D eigenvalue weighted by Crippen LogP contribution is -2.61. The van der Waals surface area contributed by atoms with Gasteiger partial charge in [-0.1, -0.05) is 57.2 Å². The van der Waals surface area contributed by atoms with E-state index >= 15 is 0 Å². The van der Waals surface area contributed by atoms with E-state index < -0.39 is 5.66 Å². The Labute approximate surface area is 124 Å². The lowest BCUT2D eigenvalue weighted by atomic mass is 9.75. The second kappa shape index (κ2) is 4.58. The highest BCUT2D eigenvalue weighted by molar-refractivity contribution is 6.07. The van der Waals surface area contributed by atoms with Gasteiger partial charge in [0.1, 0.15) is 5.84 Å². The molecule has 4 heteroatoms. The summed E-state index contributed by atoms with van der Waals surface area (Å²) < 4.78 is 0. The number of hydrogen-bond acceptors (Lipinski definition) is 2. The monoisotopic (exact) mass is 281 g/mol. The lowest BCUT2D eigenvalue weighted by Gasteiger charge is -2.46. The number of nitrogens with zero attached hydrogens (tertiary/aromatic N) is 2. The molecule has 1 N–H and O–H groups in total. The molecule has 2 heterocycles. The van der Waals surface area contributed by atoms with Gasteiger partial charge in [-0.2, -0.15) is 0 Å². The third-order valence-electron chi connectivity index (χ3n) is 3.90. The van der Waals surface area contributed by atoms with Crippen molar-refractivity contribution < 1.29 is 4.79 Å². The molecule has 0 bridgehead atoms. The summed E-state index contributed by atoms with van der Waals surface area (Å²) in [5.74, 6) is 0.667. The van der Waals surface area contributed by atoms with Crippen LogP contribution in [-0.2, 0) is 5.66 Å². The van der Waals surface area contributed by atoms with Gasteiger partial charge in [0.2, 0.25) is 0 Å². The van der Waals surface area contributed by atoms with Crippen molar-refractivity contribution in [2.45, 2.75) is 26.4 Å². The maximum Gasteiger partial charge on any atom is 0.329 e. The summed E-state index contributed by atoms with van der Waals surface area (Å²) >= 11 is 0. The van der Waals surface area contributed by atoms with Crippen LogP contribution in [-0.4, -0.2) is 16.8 Å². The number of fused-ring (bicyclic) bond motifs is 1. The van der Waals surface area contributed by atoms with Gasteiger partial charge in [-0.3, -0.25) is 4.90 Å². The average Bonchev–Trinajstić information content (AvgIpc) is 2.47. The number of carbonyl (C=O) groups is 1. The molecule has 1 aromatic carbocycles. The van der Waals surface area contributed by atoms with Crippen molar-refractivity contribution in [3.05, 3.63) is 60.3 Å². The Morgan fingerprint density at radius 1 is 1.14 bits per heavy atom. The van der Waals surface area contributed by atoms with E-state index in [1.165, 1.54) is 4.90 Å². The van der Waals surface area contributed by atoms with Crippen molar-refractivity contribution in [3.63, 3.8) is 0 Å². The van der Waals surface area contributed by atoms with E-state index in [0.717, 1.165) is 5.56 Å². The van der Waals surface area contributed by atoms with Crippen LogP contribution in [0.1, 0.15) is 26.3 Å². The van der Waals surface area contributed by atoms with Crippen LogP contribution in [0, 0.1) is 5.41 Å². The molecule has 108 valence electrons. The van der Waals surface area contributed by atoms with Gasteiger partial charge < -0.3 is 5.32 Å². The topological polar surface area (TPSA) is 44.7 Å². The number of allylic oxidation sites excluding steroid dienone is 2. The zero-order valence-electron chi connectivity index (χ0n) is 12.5. The summed E-state index contributed by atoms with van der Waals surface area (Å²) in [5.41, 5.74) is -0.0499. The van der Waals surface area contributed by atoms with Crippen molar-refractivity contribution >= 4 is 11.9 Å². The van der Waals surface area contributed by atoms with Crippen LogP contribution in [0.5, 0.6) is 0 Å². The standard InChI is InChI=1S/C17H19N3O/c1-16(2,3)17(13-9-5-4-6-10-13)18-14-11-7-8-12-20(14)15(21)19-17/h4-12H,1-3H3,(H,19,21). The van der Waals surface area contributed by atoms with Crippen molar-refractivity contribution in [2.24, 2.45) is 10.4 Å². The van der Waals surface area contributed by atoms with Gasteiger partial charge in [-0.05, 0) is 12.2 Å². The third kappa shape index (κ3) is 2.07. The number of hydrogen-bond donors (Lipinski definition) is 1. The fourth-order valence-corrected chi connectivity index (χ4v) is 2.72. The summed E-state index contributed by atoms with van der Waals surface area (Å²) in [7, 11) is 0. The molecule has 3 rings (SSSR count). The first kappa shape index (κ1) is 13.6. The predicted molar refractivity (Wildman–Crippen MR) is 83.7 cm³/mol. The van der Waals surface area contributed by atoms with Crippen LogP contribution in [0.15, 0.2) is 59.8 Å². The summed E-state index contributed by atoms with van der Waals surface area (Å²) in [6.07, 6.45) is 7.31. The van der Waals surface area contributed by atoms with E-state index in [1.54, 1.807) is 6.20 Å². The summed E-state index contributed by atoms with van der Waals surface area (Å²) in [5, 5.41) is 3.10. The Kier molecular flexibility index (Phi) is 2.97. The molecule has 4 nitrogen and oxygen atoms in total. The highest BCUT2D eigenvalue weighted by Crippen LogP contribution is 2.42. The molecule has 0 spiro atoms. The Hall–Kier alpha value is -2.36. The molecule has 1 aromatic rings. The molecule has 0 aliphatic carbocycles. The Morgan fingerprint density at radius 2 is 1.86 bits per heavy atom. The van der Waals surface area contributed by atoms with Gasteiger partial charge in [0.05, 0.1) is 0 Å². The van der Waals surface area contributed by atoms with Gasteiger partial charge >= 0.3 is 6.03 Å². The molecule has 21 heavy (non-hydrogen) atoms. The molecule has 0 saturated heterocycles. The number of rotatable bonds is 1.